The Balaban J connectivity index is 1.63. The average Bonchev–Trinajstić information content (AvgIpc) is 3.18. The summed E-state index contributed by atoms with van der Waals surface area (Å²) in [6.45, 7) is 0.455. The normalized spacial score (nSPS) is 13.2. The number of nitrogens with zero attached hydrogens (tertiary/aromatic N) is 2. The van der Waals surface area contributed by atoms with Gasteiger partial charge in [-0.25, -0.2) is 4.98 Å². The second-order valence-corrected chi connectivity index (χ2v) is 7.76. The number of benzene rings is 2. The van der Waals surface area contributed by atoms with Crippen LogP contribution in [-0.2, 0) is 11.2 Å². The number of hydrogen-bond donors (Lipinski definition) is 0. The summed E-state index contributed by atoms with van der Waals surface area (Å²) in [5.41, 5.74) is 2.41. The van der Waals surface area contributed by atoms with Gasteiger partial charge in [0.25, 0.3) is 5.91 Å². The summed E-state index contributed by atoms with van der Waals surface area (Å²) in [6, 6.07) is 12.7. The van der Waals surface area contributed by atoms with E-state index in [0.29, 0.717) is 46.3 Å². The van der Waals surface area contributed by atoms with Crippen molar-refractivity contribution in [2.24, 2.45) is 0 Å². The van der Waals surface area contributed by atoms with E-state index in [4.69, 9.17) is 21.1 Å². The molecule has 1 aromatic heterocycles. The van der Waals surface area contributed by atoms with Gasteiger partial charge >= 0.3 is 0 Å². The lowest BCUT2D eigenvalue weighted by molar-refractivity contribution is -0.109. The summed E-state index contributed by atoms with van der Waals surface area (Å²) < 4.78 is 10.7. The largest absolute Gasteiger partial charge is 0.493 e. The van der Waals surface area contributed by atoms with Crippen molar-refractivity contribution in [3.63, 3.8) is 0 Å². The number of aromatic nitrogens is 1. The Morgan fingerprint density at radius 3 is 2.86 bits per heavy atom. The summed E-state index contributed by atoms with van der Waals surface area (Å²) in [4.78, 5) is 30.7. The Labute approximate surface area is 176 Å². The van der Waals surface area contributed by atoms with Gasteiger partial charge in [0.15, 0.2) is 17.8 Å². The number of halogens is 1. The molecule has 29 heavy (non-hydrogen) atoms. The van der Waals surface area contributed by atoms with Crippen LogP contribution in [-0.4, -0.2) is 37.4 Å². The third-order valence-corrected chi connectivity index (χ3v) is 5.92. The molecule has 0 atom stereocenters. The van der Waals surface area contributed by atoms with E-state index in [9.17, 15) is 9.59 Å². The Kier molecular flexibility index (Phi) is 5.51. The first-order chi connectivity index (χ1) is 14.1. The zero-order valence-electron chi connectivity index (χ0n) is 15.6. The monoisotopic (exact) mass is 428 g/mol. The van der Waals surface area contributed by atoms with Crippen LogP contribution in [0.5, 0.6) is 11.5 Å². The van der Waals surface area contributed by atoms with Crippen molar-refractivity contribution >= 4 is 40.8 Å². The van der Waals surface area contributed by atoms with Crippen molar-refractivity contribution in [1.82, 2.24) is 4.98 Å². The molecule has 0 radical (unpaired) electrons. The van der Waals surface area contributed by atoms with Crippen LogP contribution < -0.4 is 14.4 Å². The van der Waals surface area contributed by atoms with E-state index < -0.39 is 0 Å². The molecule has 2 heterocycles. The summed E-state index contributed by atoms with van der Waals surface area (Å²) in [7, 11) is 1.52. The summed E-state index contributed by atoms with van der Waals surface area (Å²) in [6.07, 6.45) is 1.33. The molecule has 148 valence electrons. The highest BCUT2D eigenvalue weighted by Crippen LogP contribution is 2.37. The van der Waals surface area contributed by atoms with Crippen molar-refractivity contribution in [3.05, 3.63) is 58.1 Å². The summed E-state index contributed by atoms with van der Waals surface area (Å²) >= 11 is 7.46. The number of rotatable bonds is 6. The molecule has 1 amide bonds. The van der Waals surface area contributed by atoms with Gasteiger partial charge in [0.2, 0.25) is 0 Å². The van der Waals surface area contributed by atoms with Crippen LogP contribution in [0.2, 0.25) is 5.02 Å². The van der Waals surface area contributed by atoms with Gasteiger partial charge < -0.3 is 14.4 Å². The van der Waals surface area contributed by atoms with Crippen molar-refractivity contribution in [3.8, 4) is 22.1 Å². The van der Waals surface area contributed by atoms with Gasteiger partial charge in [-0.15, -0.1) is 11.3 Å². The minimum Gasteiger partial charge on any atom is -0.493 e. The molecular weight excluding hydrogens is 412 g/mol. The minimum absolute atomic E-state index is 0.0607. The van der Waals surface area contributed by atoms with Crippen molar-refractivity contribution in [1.29, 1.82) is 0 Å². The maximum atomic E-state index is 13.1. The van der Waals surface area contributed by atoms with Crippen LogP contribution in [0.3, 0.4) is 0 Å². The molecule has 0 bridgehead atoms. The predicted molar refractivity (Wildman–Crippen MR) is 112 cm³/mol. The number of aldehydes is 1. The van der Waals surface area contributed by atoms with Gasteiger partial charge in [-0.2, -0.15) is 0 Å². The molecule has 2 aromatic carbocycles. The lowest BCUT2D eigenvalue weighted by atomic mass is 10.1. The molecule has 0 aliphatic carbocycles. The van der Waals surface area contributed by atoms with Crippen LogP contribution in [0.1, 0.15) is 15.4 Å². The third-order valence-electron chi connectivity index (χ3n) is 4.55. The fourth-order valence-corrected chi connectivity index (χ4v) is 4.44. The SMILES string of the molecule is COc1cc(N2CCc3nc(-c4cccc(Cl)c4)sc3C2=O)ccc1OCC=O. The first kappa shape index (κ1) is 19.4. The third kappa shape index (κ3) is 3.83. The van der Waals surface area contributed by atoms with Crippen LogP contribution in [0.25, 0.3) is 10.6 Å². The van der Waals surface area contributed by atoms with Crippen molar-refractivity contribution in [2.45, 2.75) is 6.42 Å². The maximum absolute atomic E-state index is 13.1. The number of thiazole rings is 1. The molecule has 0 unspecified atom stereocenters. The molecule has 0 N–H and O–H groups in total. The Hall–Kier alpha value is -2.90. The van der Waals surface area contributed by atoms with E-state index in [1.165, 1.54) is 18.4 Å². The number of amides is 1. The van der Waals surface area contributed by atoms with E-state index in [1.807, 2.05) is 18.2 Å². The maximum Gasteiger partial charge on any atom is 0.270 e. The van der Waals surface area contributed by atoms with Crippen LogP contribution in [0.4, 0.5) is 5.69 Å². The average molecular weight is 429 g/mol. The molecule has 0 spiro atoms. The summed E-state index contributed by atoms with van der Waals surface area (Å²) in [5.74, 6) is 0.821. The number of carbonyl (C=O) groups excluding carboxylic acids is 2. The van der Waals surface area contributed by atoms with Gasteiger partial charge in [-0.3, -0.25) is 9.59 Å². The molecule has 0 saturated carbocycles. The number of hydrogen-bond acceptors (Lipinski definition) is 6. The van der Waals surface area contributed by atoms with Gasteiger partial charge in [-0.05, 0) is 24.3 Å². The quantitative estimate of drug-likeness (QED) is 0.549. The molecule has 1 aliphatic rings. The van der Waals surface area contributed by atoms with Crippen LogP contribution >= 0.6 is 22.9 Å². The summed E-state index contributed by atoms with van der Waals surface area (Å²) in [5, 5.41) is 1.41. The Morgan fingerprint density at radius 2 is 2.10 bits per heavy atom. The fourth-order valence-electron chi connectivity index (χ4n) is 3.19. The Morgan fingerprint density at radius 1 is 1.24 bits per heavy atom. The van der Waals surface area contributed by atoms with E-state index in [-0.39, 0.29) is 12.5 Å². The smallest absolute Gasteiger partial charge is 0.270 e. The van der Waals surface area contributed by atoms with E-state index in [1.54, 1.807) is 29.2 Å². The number of anilines is 1. The first-order valence-corrected chi connectivity index (χ1v) is 10.1. The zero-order chi connectivity index (χ0) is 20.4. The topological polar surface area (TPSA) is 68.7 Å². The standard InChI is InChI=1S/C21H17ClN2O4S/c1-27-18-12-15(5-6-17(18)28-10-9-25)24-8-7-16-19(21(24)26)29-20(23-16)13-3-2-4-14(22)11-13/h2-6,9,11-12H,7-8,10H2,1H3. The van der Waals surface area contributed by atoms with E-state index in [0.717, 1.165) is 16.3 Å². The lowest BCUT2D eigenvalue weighted by Gasteiger charge is -2.26. The molecule has 4 rings (SSSR count). The van der Waals surface area contributed by atoms with Gasteiger partial charge in [-0.1, -0.05) is 23.7 Å². The highest BCUT2D eigenvalue weighted by Gasteiger charge is 2.30. The second-order valence-electron chi connectivity index (χ2n) is 6.32. The lowest BCUT2D eigenvalue weighted by Crippen LogP contribution is -2.36. The molecule has 0 fully saturated rings. The molecule has 0 saturated heterocycles. The highest BCUT2D eigenvalue weighted by molar-refractivity contribution is 7.17. The molecule has 8 heteroatoms. The molecule has 1 aliphatic heterocycles. The zero-order valence-corrected chi connectivity index (χ0v) is 17.1. The van der Waals surface area contributed by atoms with E-state index >= 15 is 0 Å². The van der Waals surface area contributed by atoms with Gasteiger partial charge in [0, 0.05) is 35.3 Å². The van der Waals surface area contributed by atoms with Crippen LogP contribution in [0.15, 0.2) is 42.5 Å². The number of methoxy groups -OCH3 is 1. The van der Waals surface area contributed by atoms with E-state index in [2.05, 4.69) is 4.98 Å². The molecular formula is C21H17ClN2O4S. The number of ether oxygens (including phenoxy) is 2. The fraction of sp³-hybridized carbons (Fsp3) is 0.190. The second kappa shape index (κ2) is 8.23. The number of fused-ring (bicyclic) bond motifs is 1. The van der Waals surface area contributed by atoms with Gasteiger partial charge in [0.05, 0.1) is 12.8 Å². The Bertz CT molecular complexity index is 1080. The first-order valence-electron chi connectivity index (χ1n) is 8.92. The van der Waals surface area contributed by atoms with Crippen molar-refractivity contribution < 1.29 is 19.1 Å². The minimum atomic E-state index is -0.0966. The van der Waals surface area contributed by atoms with Gasteiger partial charge in [0.1, 0.15) is 16.5 Å². The molecule has 6 nitrogen and oxygen atoms in total. The highest BCUT2D eigenvalue weighted by atomic mass is 35.5. The number of carbonyl (C=O) groups is 2. The van der Waals surface area contributed by atoms with Crippen molar-refractivity contribution in [2.75, 3.05) is 25.2 Å². The predicted octanol–water partition coefficient (Wildman–Crippen LogP) is 4.25. The van der Waals surface area contributed by atoms with Crippen LogP contribution in [0, 0.1) is 0 Å². The molecule has 3 aromatic rings.